The van der Waals surface area contributed by atoms with Gasteiger partial charge in [0.25, 0.3) is 0 Å². The van der Waals surface area contributed by atoms with Gasteiger partial charge in [0, 0.05) is 37.7 Å². The number of aromatic nitrogens is 3. The first-order valence-corrected chi connectivity index (χ1v) is 6.66. The van der Waals surface area contributed by atoms with Gasteiger partial charge in [-0.1, -0.05) is 0 Å². The molecular formula is C12H16N4OS. The first kappa shape index (κ1) is 12.9. The van der Waals surface area contributed by atoms with Crippen LogP contribution in [0, 0.1) is 0 Å². The second kappa shape index (κ2) is 5.41. The highest BCUT2D eigenvalue weighted by Crippen LogP contribution is 2.17. The lowest BCUT2D eigenvalue weighted by molar-refractivity contribution is 0.0977. The molecule has 1 unspecified atom stereocenters. The van der Waals surface area contributed by atoms with Gasteiger partial charge in [-0.3, -0.25) is 4.79 Å². The van der Waals surface area contributed by atoms with E-state index in [9.17, 15) is 4.79 Å². The molecule has 2 aromatic heterocycles. The van der Waals surface area contributed by atoms with Gasteiger partial charge in [-0.15, -0.1) is 11.3 Å². The number of nitrogens with zero attached hydrogens (tertiary/aromatic N) is 3. The van der Waals surface area contributed by atoms with Crippen LogP contribution in [0.15, 0.2) is 17.8 Å². The Morgan fingerprint density at radius 3 is 2.94 bits per heavy atom. The van der Waals surface area contributed by atoms with E-state index in [1.165, 1.54) is 11.3 Å². The summed E-state index contributed by atoms with van der Waals surface area (Å²) in [5.74, 6) is 0.951. The fourth-order valence-corrected chi connectivity index (χ4v) is 2.40. The first-order valence-electron chi connectivity index (χ1n) is 5.78. The summed E-state index contributed by atoms with van der Waals surface area (Å²) in [4.78, 5) is 20.4. The summed E-state index contributed by atoms with van der Waals surface area (Å²) in [5, 5.41) is 2.58. The Morgan fingerprint density at radius 1 is 1.61 bits per heavy atom. The van der Waals surface area contributed by atoms with Crippen LogP contribution in [0.25, 0.3) is 0 Å². The van der Waals surface area contributed by atoms with E-state index in [1.807, 2.05) is 24.7 Å². The third-order valence-electron chi connectivity index (χ3n) is 2.69. The molecule has 6 heteroatoms. The number of carbonyl (C=O) groups is 1. The number of rotatable bonds is 5. The average molecular weight is 264 g/mol. The zero-order valence-corrected chi connectivity index (χ0v) is 11.3. The minimum absolute atomic E-state index is 0.0427. The number of Topliss-reactive ketones (excluding diaryl/α,β-unsaturated/α-hetero) is 1. The lowest BCUT2D eigenvalue weighted by Gasteiger charge is -2.00. The fraction of sp³-hybridized carbons (Fsp3) is 0.417. The molecule has 2 aromatic rings. The number of thiazole rings is 1. The summed E-state index contributed by atoms with van der Waals surface area (Å²) in [6, 6.07) is -0.119. The van der Waals surface area contributed by atoms with Crippen LogP contribution in [0.3, 0.4) is 0 Å². The van der Waals surface area contributed by atoms with Crippen molar-refractivity contribution in [3.05, 3.63) is 34.3 Å². The van der Waals surface area contributed by atoms with Crippen molar-refractivity contribution in [3.63, 3.8) is 0 Å². The molecule has 2 rings (SSSR count). The molecule has 5 nitrogen and oxygen atoms in total. The molecule has 0 aliphatic rings. The van der Waals surface area contributed by atoms with Gasteiger partial charge in [-0.25, -0.2) is 9.97 Å². The van der Waals surface area contributed by atoms with Gasteiger partial charge in [-0.05, 0) is 6.92 Å². The number of imidazole rings is 1. The molecule has 0 saturated heterocycles. The lowest BCUT2D eigenvalue weighted by atomic mass is 10.2. The average Bonchev–Trinajstić information content (AvgIpc) is 2.94. The van der Waals surface area contributed by atoms with Gasteiger partial charge in [0.1, 0.15) is 16.5 Å². The van der Waals surface area contributed by atoms with Crippen LogP contribution in [0.2, 0.25) is 0 Å². The molecule has 2 N–H and O–H groups in total. The molecule has 1 atom stereocenters. The maximum atomic E-state index is 12.0. The van der Waals surface area contributed by atoms with E-state index in [0.717, 1.165) is 10.8 Å². The number of aryl methyl sites for hydroxylation is 2. The van der Waals surface area contributed by atoms with E-state index >= 15 is 0 Å². The Bertz CT molecular complexity index is 544. The van der Waals surface area contributed by atoms with Crippen molar-refractivity contribution < 1.29 is 4.79 Å². The van der Waals surface area contributed by atoms with Crippen LogP contribution in [0.4, 0.5) is 0 Å². The molecule has 0 radical (unpaired) electrons. The molecule has 0 fully saturated rings. The molecule has 2 heterocycles. The Hall–Kier alpha value is -1.53. The Balaban J connectivity index is 1.97. The highest BCUT2D eigenvalue weighted by molar-refractivity contribution is 7.09. The summed E-state index contributed by atoms with van der Waals surface area (Å²) in [6.07, 6.45) is 4.66. The van der Waals surface area contributed by atoms with Gasteiger partial charge < -0.3 is 10.3 Å². The van der Waals surface area contributed by atoms with E-state index in [0.29, 0.717) is 18.5 Å². The molecule has 0 aromatic carbocycles. The van der Waals surface area contributed by atoms with Crippen LogP contribution < -0.4 is 5.73 Å². The van der Waals surface area contributed by atoms with Crippen molar-refractivity contribution in [3.8, 4) is 0 Å². The normalized spacial score (nSPS) is 12.6. The van der Waals surface area contributed by atoms with Crippen molar-refractivity contribution in [2.24, 2.45) is 12.8 Å². The van der Waals surface area contributed by atoms with Gasteiger partial charge in [0.15, 0.2) is 5.78 Å². The lowest BCUT2D eigenvalue weighted by Crippen LogP contribution is -2.07. The standard InChI is InChI=1S/C12H16N4OS/c1-8(13)12-15-9(7-18-12)10(17)3-4-11-14-5-6-16(11)2/h5-8H,3-4,13H2,1-2H3. The Morgan fingerprint density at radius 2 is 2.39 bits per heavy atom. The topological polar surface area (TPSA) is 73.8 Å². The third-order valence-corrected chi connectivity index (χ3v) is 3.74. The number of ketones is 1. The molecule has 0 saturated carbocycles. The predicted molar refractivity (Wildman–Crippen MR) is 70.6 cm³/mol. The highest BCUT2D eigenvalue weighted by Gasteiger charge is 2.13. The van der Waals surface area contributed by atoms with E-state index in [-0.39, 0.29) is 11.8 Å². The smallest absolute Gasteiger partial charge is 0.182 e. The molecule has 0 aliphatic carbocycles. The van der Waals surface area contributed by atoms with Crippen LogP contribution in [0.5, 0.6) is 0 Å². The zero-order chi connectivity index (χ0) is 13.1. The predicted octanol–water partition coefficient (Wildman–Crippen LogP) is 1.71. The summed E-state index contributed by atoms with van der Waals surface area (Å²) < 4.78 is 1.92. The fourth-order valence-electron chi connectivity index (χ4n) is 1.62. The minimum atomic E-state index is -0.119. The van der Waals surface area contributed by atoms with Gasteiger partial charge >= 0.3 is 0 Å². The molecule has 0 bridgehead atoms. The van der Waals surface area contributed by atoms with Crippen molar-refractivity contribution in [2.75, 3.05) is 0 Å². The highest BCUT2D eigenvalue weighted by atomic mass is 32.1. The van der Waals surface area contributed by atoms with Crippen LogP contribution in [-0.2, 0) is 13.5 Å². The van der Waals surface area contributed by atoms with Gasteiger partial charge in [0.2, 0.25) is 0 Å². The molecule has 96 valence electrons. The van der Waals surface area contributed by atoms with Crippen molar-refractivity contribution in [1.29, 1.82) is 0 Å². The van der Waals surface area contributed by atoms with E-state index in [4.69, 9.17) is 5.73 Å². The number of hydrogen-bond donors (Lipinski definition) is 1. The van der Waals surface area contributed by atoms with Crippen molar-refractivity contribution >= 4 is 17.1 Å². The molecular weight excluding hydrogens is 248 g/mol. The summed E-state index contributed by atoms with van der Waals surface area (Å²) in [5.41, 5.74) is 6.24. The summed E-state index contributed by atoms with van der Waals surface area (Å²) >= 11 is 1.43. The zero-order valence-electron chi connectivity index (χ0n) is 10.5. The maximum Gasteiger partial charge on any atom is 0.182 e. The van der Waals surface area contributed by atoms with Crippen LogP contribution in [-0.4, -0.2) is 20.3 Å². The molecule has 0 aliphatic heterocycles. The maximum absolute atomic E-state index is 12.0. The quantitative estimate of drug-likeness (QED) is 0.834. The van der Waals surface area contributed by atoms with Crippen LogP contribution >= 0.6 is 11.3 Å². The number of carbonyl (C=O) groups excluding carboxylic acids is 1. The molecule has 0 amide bonds. The number of hydrogen-bond acceptors (Lipinski definition) is 5. The van der Waals surface area contributed by atoms with Gasteiger partial charge in [0.05, 0.1) is 6.04 Å². The first-order chi connectivity index (χ1) is 8.58. The van der Waals surface area contributed by atoms with Crippen molar-refractivity contribution in [2.45, 2.75) is 25.8 Å². The third kappa shape index (κ3) is 2.83. The van der Waals surface area contributed by atoms with E-state index in [1.54, 1.807) is 11.6 Å². The molecule has 18 heavy (non-hydrogen) atoms. The van der Waals surface area contributed by atoms with Gasteiger partial charge in [-0.2, -0.15) is 0 Å². The largest absolute Gasteiger partial charge is 0.338 e. The Kier molecular flexibility index (Phi) is 3.88. The SMILES string of the molecule is CC(N)c1nc(C(=O)CCc2nccn2C)cs1. The number of nitrogens with two attached hydrogens (primary N) is 1. The minimum Gasteiger partial charge on any atom is -0.338 e. The second-order valence-corrected chi connectivity index (χ2v) is 5.13. The Labute approximate surface area is 110 Å². The summed E-state index contributed by atoms with van der Waals surface area (Å²) in [7, 11) is 1.92. The summed E-state index contributed by atoms with van der Waals surface area (Å²) in [6.45, 7) is 1.86. The monoisotopic (exact) mass is 264 g/mol. The molecule has 0 spiro atoms. The second-order valence-electron chi connectivity index (χ2n) is 4.24. The van der Waals surface area contributed by atoms with E-state index < -0.39 is 0 Å². The van der Waals surface area contributed by atoms with Crippen molar-refractivity contribution in [1.82, 2.24) is 14.5 Å². The van der Waals surface area contributed by atoms with Crippen LogP contribution in [0.1, 0.15) is 40.7 Å². The van der Waals surface area contributed by atoms with E-state index in [2.05, 4.69) is 9.97 Å².